The number of carbonyl (C=O) groups excluding carboxylic acids is 2. The van der Waals surface area contributed by atoms with E-state index in [9.17, 15) is 9.59 Å². The molecule has 27 heavy (non-hydrogen) atoms. The fraction of sp³-hybridized carbons (Fsp3) is 0.333. The van der Waals surface area contributed by atoms with E-state index in [0.29, 0.717) is 22.0 Å². The molecule has 2 rings (SSSR count). The van der Waals surface area contributed by atoms with Crippen molar-refractivity contribution in [3.8, 4) is 5.75 Å². The van der Waals surface area contributed by atoms with Crippen LogP contribution < -0.4 is 15.4 Å². The Morgan fingerprint density at radius 2 is 1.85 bits per heavy atom. The molecule has 0 aliphatic heterocycles. The Bertz CT molecular complexity index is 823. The molecule has 0 aliphatic rings. The van der Waals surface area contributed by atoms with Gasteiger partial charge >= 0.3 is 0 Å². The molecule has 0 aliphatic carbocycles. The Kier molecular flexibility index (Phi) is 7.25. The number of hydrogen-bond donors (Lipinski definition) is 2. The maximum Gasteiger partial charge on any atom is 0.265 e. The van der Waals surface area contributed by atoms with Gasteiger partial charge in [-0.15, -0.1) is 0 Å². The monoisotopic (exact) mass is 388 g/mol. The third-order valence-electron chi connectivity index (χ3n) is 4.23. The van der Waals surface area contributed by atoms with E-state index in [1.54, 1.807) is 49.4 Å². The molecule has 6 heteroatoms. The largest absolute Gasteiger partial charge is 0.481 e. The van der Waals surface area contributed by atoms with Crippen molar-refractivity contribution >= 4 is 29.1 Å². The summed E-state index contributed by atoms with van der Waals surface area (Å²) in [5.74, 6) is -0.00381. The van der Waals surface area contributed by atoms with Crippen LogP contribution in [0.5, 0.6) is 5.75 Å². The minimum absolute atomic E-state index is 0.0525. The van der Waals surface area contributed by atoms with Gasteiger partial charge in [-0.25, -0.2) is 0 Å². The Hall–Kier alpha value is -2.53. The quantitative estimate of drug-likeness (QED) is 0.729. The van der Waals surface area contributed by atoms with Crippen molar-refractivity contribution in [2.24, 2.45) is 0 Å². The lowest BCUT2D eigenvalue weighted by Gasteiger charge is -2.18. The predicted octanol–water partition coefficient (Wildman–Crippen LogP) is 4.58. The van der Waals surface area contributed by atoms with Crippen molar-refractivity contribution in [1.29, 1.82) is 0 Å². The molecule has 144 valence electrons. The Labute approximate surface area is 165 Å². The van der Waals surface area contributed by atoms with E-state index in [2.05, 4.69) is 10.6 Å². The van der Waals surface area contributed by atoms with Crippen molar-refractivity contribution < 1.29 is 14.3 Å². The first-order valence-electron chi connectivity index (χ1n) is 8.95. The fourth-order valence-corrected chi connectivity index (χ4v) is 2.49. The van der Waals surface area contributed by atoms with Gasteiger partial charge in [-0.3, -0.25) is 9.59 Å². The maximum atomic E-state index is 12.5. The highest BCUT2D eigenvalue weighted by molar-refractivity contribution is 6.31. The van der Waals surface area contributed by atoms with Gasteiger partial charge in [0, 0.05) is 11.1 Å². The Morgan fingerprint density at radius 3 is 2.52 bits per heavy atom. The minimum Gasteiger partial charge on any atom is -0.481 e. The van der Waals surface area contributed by atoms with Crippen LogP contribution in [0.25, 0.3) is 0 Å². The van der Waals surface area contributed by atoms with Crippen LogP contribution in [0.15, 0.2) is 42.5 Å². The molecule has 2 N–H and O–H groups in total. The van der Waals surface area contributed by atoms with Gasteiger partial charge in [0.1, 0.15) is 5.75 Å². The summed E-state index contributed by atoms with van der Waals surface area (Å²) in [6.07, 6.45) is 0.0855. The minimum atomic E-state index is -0.740. The number of nitrogens with one attached hydrogen (secondary N) is 2. The van der Waals surface area contributed by atoms with Crippen molar-refractivity contribution in [1.82, 2.24) is 5.32 Å². The van der Waals surface area contributed by atoms with E-state index < -0.39 is 6.10 Å². The van der Waals surface area contributed by atoms with Crippen molar-refractivity contribution in [3.05, 3.63) is 58.6 Å². The summed E-state index contributed by atoms with van der Waals surface area (Å²) in [6.45, 7) is 7.45. The van der Waals surface area contributed by atoms with Gasteiger partial charge in [0.25, 0.3) is 11.8 Å². The van der Waals surface area contributed by atoms with Crippen LogP contribution in [0.4, 0.5) is 5.69 Å². The molecule has 5 nitrogen and oxygen atoms in total. The maximum absolute atomic E-state index is 12.5. The van der Waals surface area contributed by atoms with Gasteiger partial charge < -0.3 is 15.4 Å². The predicted molar refractivity (Wildman–Crippen MR) is 109 cm³/mol. The summed E-state index contributed by atoms with van der Waals surface area (Å²) < 4.78 is 5.70. The number of rotatable bonds is 7. The lowest BCUT2D eigenvalue weighted by Crippen LogP contribution is -2.34. The SMILES string of the molecule is CC[C@H](C)NC(=O)c1ccccc1NC(=O)[C@H](C)Oc1ccc(Cl)c(C)c1. The van der Waals surface area contributed by atoms with E-state index in [-0.39, 0.29) is 17.9 Å². The lowest BCUT2D eigenvalue weighted by atomic mass is 10.1. The van der Waals surface area contributed by atoms with Crippen LogP contribution >= 0.6 is 11.6 Å². The van der Waals surface area contributed by atoms with E-state index >= 15 is 0 Å². The standard InChI is InChI=1S/C21H25ClN2O3/c1-5-14(3)23-21(26)17-8-6-7-9-19(17)24-20(25)15(4)27-16-10-11-18(22)13(2)12-16/h6-12,14-15H,5H2,1-4H3,(H,23,26)(H,24,25)/t14-,15-/m0/s1. The van der Waals surface area contributed by atoms with Gasteiger partial charge in [-0.05, 0) is 63.1 Å². The van der Waals surface area contributed by atoms with E-state index in [4.69, 9.17) is 16.3 Å². The molecule has 0 spiro atoms. The highest BCUT2D eigenvalue weighted by Crippen LogP contribution is 2.22. The van der Waals surface area contributed by atoms with Crippen LogP contribution in [-0.4, -0.2) is 24.0 Å². The molecular formula is C21H25ClN2O3. The zero-order valence-corrected chi connectivity index (χ0v) is 16.8. The first-order chi connectivity index (χ1) is 12.8. The van der Waals surface area contributed by atoms with Gasteiger partial charge in [0.05, 0.1) is 11.3 Å². The molecule has 0 heterocycles. The zero-order valence-electron chi connectivity index (χ0n) is 16.0. The van der Waals surface area contributed by atoms with Crippen molar-refractivity contribution in [2.45, 2.75) is 46.3 Å². The first-order valence-corrected chi connectivity index (χ1v) is 9.33. The number of para-hydroxylation sites is 1. The fourth-order valence-electron chi connectivity index (χ4n) is 2.38. The molecule has 0 saturated heterocycles. The number of halogens is 1. The smallest absolute Gasteiger partial charge is 0.265 e. The molecular weight excluding hydrogens is 364 g/mol. The summed E-state index contributed by atoms with van der Waals surface area (Å²) in [5, 5.41) is 6.32. The van der Waals surface area contributed by atoms with Crippen LogP contribution in [0.2, 0.25) is 5.02 Å². The average Bonchev–Trinajstić information content (AvgIpc) is 2.64. The van der Waals surface area contributed by atoms with E-state index in [1.807, 2.05) is 20.8 Å². The van der Waals surface area contributed by atoms with Crippen LogP contribution in [0.1, 0.15) is 43.1 Å². The molecule has 0 bridgehead atoms. The molecule has 2 aromatic rings. The van der Waals surface area contributed by atoms with Crippen LogP contribution in [-0.2, 0) is 4.79 Å². The number of ether oxygens (including phenoxy) is 1. The Morgan fingerprint density at radius 1 is 1.15 bits per heavy atom. The first kappa shape index (κ1) is 20.8. The van der Waals surface area contributed by atoms with Crippen molar-refractivity contribution in [2.75, 3.05) is 5.32 Å². The lowest BCUT2D eigenvalue weighted by molar-refractivity contribution is -0.122. The second-order valence-electron chi connectivity index (χ2n) is 6.49. The molecule has 0 aromatic heterocycles. The molecule has 0 saturated carbocycles. The molecule has 2 atom stereocenters. The third kappa shape index (κ3) is 5.73. The summed E-state index contributed by atoms with van der Waals surface area (Å²) in [5.41, 5.74) is 1.74. The van der Waals surface area contributed by atoms with E-state index in [0.717, 1.165) is 12.0 Å². The van der Waals surface area contributed by atoms with E-state index in [1.165, 1.54) is 0 Å². The molecule has 0 radical (unpaired) electrons. The summed E-state index contributed by atoms with van der Waals surface area (Å²) >= 11 is 6.01. The highest BCUT2D eigenvalue weighted by atomic mass is 35.5. The summed E-state index contributed by atoms with van der Waals surface area (Å²) in [7, 11) is 0. The van der Waals surface area contributed by atoms with Crippen LogP contribution in [0.3, 0.4) is 0 Å². The Balaban J connectivity index is 2.08. The van der Waals surface area contributed by atoms with Gasteiger partial charge in [-0.1, -0.05) is 30.7 Å². The van der Waals surface area contributed by atoms with Crippen LogP contribution in [0, 0.1) is 6.92 Å². The average molecular weight is 389 g/mol. The number of hydrogen-bond acceptors (Lipinski definition) is 3. The molecule has 0 unspecified atom stereocenters. The topological polar surface area (TPSA) is 67.4 Å². The summed E-state index contributed by atoms with van der Waals surface area (Å²) in [6, 6.07) is 12.2. The molecule has 2 aromatic carbocycles. The third-order valence-corrected chi connectivity index (χ3v) is 4.66. The normalized spacial score (nSPS) is 12.8. The van der Waals surface area contributed by atoms with Crippen molar-refractivity contribution in [3.63, 3.8) is 0 Å². The number of benzene rings is 2. The van der Waals surface area contributed by atoms with Gasteiger partial charge in [0.2, 0.25) is 0 Å². The number of amides is 2. The van der Waals surface area contributed by atoms with Gasteiger partial charge in [0.15, 0.2) is 6.10 Å². The molecule has 0 fully saturated rings. The second-order valence-corrected chi connectivity index (χ2v) is 6.90. The van der Waals surface area contributed by atoms with Gasteiger partial charge in [-0.2, -0.15) is 0 Å². The number of carbonyl (C=O) groups is 2. The number of aryl methyl sites for hydroxylation is 1. The number of anilines is 1. The summed E-state index contributed by atoms with van der Waals surface area (Å²) in [4.78, 5) is 25.0. The second kappa shape index (κ2) is 9.42. The highest BCUT2D eigenvalue weighted by Gasteiger charge is 2.19. The zero-order chi connectivity index (χ0) is 20.0. The molecule has 2 amide bonds.